The molecule has 0 unspecified atom stereocenters. The van der Waals surface area contributed by atoms with Crippen molar-refractivity contribution in [1.29, 1.82) is 0 Å². The highest BCUT2D eigenvalue weighted by atomic mass is 32.2. The number of carbonyl (C=O) groups excluding carboxylic acids is 1. The van der Waals surface area contributed by atoms with Crippen LogP contribution in [-0.2, 0) is 14.3 Å². The molecule has 23 heavy (non-hydrogen) atoms. The molecule has 9 heteroatoms. The summed E-state index contributed by atoms with van der Waals surface area (Å²) in [6, 6.07) is 0. The molecule has 2 rings (SSSR count). The lowest BCUT2D eigenvalue weighted by atomic mass is 10.2. The number of aromatic nitrogens is 2. The Morgan fingerprint density at radius 2 is 2.30 bits per heavy atom. The van der Waals surface area contributed by atoms with Crippen LogP contribution >= 0.6 is 11.8 Å². The van der Waals surface area contributed by atoms with Crippen LogP contribution in [0.1, 0.15) is 24.6 Å². The van der Waals surface area contributed by atoms with Gasteiger partial charge < -0.3 is 14.6 Å². The quantitative estimate of drug-likeness (QED) is 0.542. The van der Waals surface area contributed by atoms with Crippen LogP contribution in [-0.4, -0.2) is 51.5 Å². The summed E-state index contributed by atoms with van der Waals surface area (Å²) in [5, 5.41) is 10.1. The summed E-state index contributed by atoms with van der Waals surface area (Å²) in [5.41, 5.74) is -0.686. The molecule has 1 saturated heterocycles. The number of aliphatic hydroxyl groups is 1. The van der Waals surface area contributed by atoms with Gasteiger partial charge in [0.1, 0.15) is 6.10 Å². The fourth-order valence-electron chi connectivity index (χ4n) is 2.33. The molecule has 128 valence electrons. The van der Waals surface area contributed by atoms with E-state index in [1.807, 2.05) is 0 Å². The summed E-state index contributed by atoms with van der Waals surface area (Å²) in [4.78, 5) is 36.5. The first-order valence-corrected chi connectivity index (χ1v) is 8.38. The molecule has 2 heterocycles. The molecule has 1 aromatic heterocycles. The summed E-state index contributed by atoms with van der Waals surface area (Å²) in [7, 11) is 1.35. The average molecular weight is 344 g/mol. The van der Waals surface area contributed by atoms with E-state index in [0.717, 1.165) is 0 Å². The number of esters is 1. The van der Waals surface area contributed by atoms with E-state index in [0.29, 0.717) is 29.9 Å². The zero-order valence-electron chi connectivity index (χ0n) is 13.0. The van der Waals surface area contributed by atoms with Gasteiger partial charge in [0.05, 0.1) is 19.6 Å². The number of methoxy groups -OCH3 is 1. The lowest BCUT2D eigenvalue weighted by Crippen LogP contribution is -2.36. The summed E-state index contributed by atoms with van der Waals surface area (Å²) < 4.78 is 11.5. The van der Waals surface area contributed by atoms with Gasteiger partial charge in [-0.15, -0.1) is 0 Å². The van der Waals surface area contributed by atoms with Crippen LogP contribution in [0.2, 0.25) is 0 Å². The molecule has 1 aliphatic heterocycles. The van der Waals surface area contributed by atoms with E-state index in [1.165, 1.54) is 29.6 Å². The number of aryl methyl sites for hydroxylation is 1. The van der Waals surface area contributed by atoms with Crippen molar-refractivity contribution in [3.05, 3.63) is 32.6 Å². The maximum Gasteiger partial charge on any atom is 0.330 e. The molecule has 0 radical (unpaired) electrons. The second-order valence-corrected chi connectivity index (χ2v) is 6.48. The third-order valence-electron chi connectivity index (χ3n) is 3.57. The van der Waals surface area contributed by atoms with Gasteiger partial charge >= 0.3 is 11.7 Å². The molecule has 3 atom stereocenters. The highest BCUT2D eigenvalue weighted by molar-refractivity contribution is 7.99. The zero-order valence-corrected chi connectivity index (χ0v) is 13.8. The number of aromatic amines is 1. The third kappa shape index (κ3) is 4.46. The second-order valence-electron chi connectivity index (χ2n) is 5.33. The summed E-state index contributed by atoms with van der Waals surface area (Å²) in [6.07, 6.45) is 0.228. The fourth-order valence-corrected chi connectivity index (χ4v) is 3.29. The molecule has 0 aliphatic carbocycles. The molecule has 1 aromatic rings. The number of ether oxygens (including phenoxy) is 2. The van der Waals surface area contributed by atoms with E-state index in [9.17, 15) is 19.5 Å². The standard InChI is InChI=1S/C14H20N2O6S/c1-8-6-16(14(20)15-12(8)19)13-10(17)5-9(22-13)7-23-4-3-11(18)21-2/h6,9-10,13,17H,3-5,7H2,1-2H3,(H,15,19,20)/t9-,10+,13+/m0/s1. The third-order valence-corrected chi connectivity index (χ3v) is 4.67. The largest absolute Gasteiger partial charge is 0.469 e. The topological polar surface area (TPSA) is 111 Å². The van der Waals surface area contributed by atoms with Gasteiger partial charge in [-0.2, -0.15) is 11.8 Å². The number of nitrogens with zero attached hydrogens (tertiary/aromatic N) is 1. The monoisotopic (exact) mass is 344 g/mol. The summed E-state index contributed by atoms with van der Waals surface area (Å²) >= 11 is 1.52. The normalized spacial score (nSPS) is 23.9. The maximum atomic E-state index is 11.9. The SMILES string of the molecule is COC(=O)CCSC[C@@H]1C[C@@H](O)[C@H](n2cc(C)c(=O)[nH]c2=O)O1. The van der Waals surface area contributed by atoms with E-state index < -0.39 is 23.6 Å². The Morgan fingerprint density at radius 3 is 3.00 bits per heavy atom. The minimum atomic E-state index is -0.829. The van der Waals surface area contributed by atoms with Gasteiger partial charge in [0.25, 0.3) is 5.56 Å². The predicted molar refractivity (Wildman–Crippen MR) is 84.6 cm³/mol. The molecule has 1 fully saturated rings. The molecular weight excluding hydrogens is 324 g/mol. The Hall–Kier alpha value is -1.58. The average Bonchev–Trinajstić information content (AvgIpc) is 2.88. The van der Waals surface area contributed by atoms with Crippen molar-refractivity contribution in [3.63, 3.8) is 0 Å². The smallest absolute Gasteiger partial charge is 0.330 e. The highest BCUT2D eigenvalue weighted by Gasteiger charge is 2.35. The van der Waals surface area contributed by atoms with E-state index in [1.54, 1.807) is 6.92 Å². The highest BCUT2D eigenvalue weighted by Crippen LogP contribution is 2.29. The van der Waals surface area contributed by atoms with E-state index in [2.05, 4.69) is 9.72 Å². The summed E-state index contributed by atoms with van der Waals surface area (Å²) in [5.74, 6) is 0.935. The fraction of sp³-hybridized carbons (Fsp3) is 0.643. The Morgan fingerprint density at radius 1 is 1.57 bits per heavy atom. The number of aliphatic hydroxyl groups excluding tert-OH is 1. The minimum Gasteiger partial charge on any atom is -0.469 e. The Bertz CT molecular complexity index is 670. The number of thioether (sulfide) groups is 1. The second kappa shape index (κ2) is 7.80. The number of H-pyrrole nitrogens is 1. The lowest BCUT2D eigenvalue weighted by molar-refractivity contribution is -0.140. The van der Waals surface area contributed by atoms with Gasteiger partial charge in [-0.1, -0.05) is 0 Å². The Labute approximate surface area is 136 Å². The Kier molecular flexibility index (Phi) is 6.03. The molecule has 2 N–H and O–H groups in total. The molecule has 8 nitrogen and oxygen atoms in total. The molecule has 0 amide bonds. The van der Waals surface area contributed by atoms with Crippen molar-refractivity contribution in [2.75, 3.05) is 18.6 Å². The number of rotatable bonds is 6. The van der Waals surface area contributed by atoms with Crippen molar-refractivity contribution >= 4 is 17.7 Å². The van der Waals surface area contributed by atoms with Gasteiger partial charge in [0.2, 0.25) is 0 Å². The molecule has 1 aliphatic rings. The van der Waals surface area contributed by atoms with Crippen molar-refractivity contribution in [3.8, 4) is 0 Å². The van der Waals surface area contributed by atoms with Crippen molar-refractivity contribution < 1.29 is 19.4 Å². The van der Waals surface area contributed by atoms with Crippen LogP contribution < -0.4 is 11.2 Å². The van der Waals surface area contributed by atoms with Crippen LogP contribution in [0.4, 0.5) is 0 Å². The van der Waals surface area contributed by atoms with Gasteiger partial charge in [0.15, 0.2) is 6.23 Å². The van der Waals surface area contributed by atoms with Crippen molar-refractivity contribution in [2.24, 2.45) is 0 Å². The van der Waals surface area contributed by atoms with Gasteiger partial charge in [-0.25, -0.2) is 4.79 Å². The van der Waals surface area contributed by atoms with Gasteiger partial charge in [0, 0.05) is 29.7 Å². The minimum absolute atomic E-state index is 0.225. The lowest BCUT2D eigenvalue weighted by Gasteiger charge is -2.17. The van der Waals surface area contributed by atoms with Crippen LogP contribution in [0.25, 0.3) is 0 Å². The number of hydrogen-bond acceptors (Lipinski definition) is 7. The number of hydrogen-bond donors (Lipinski definition) is 2. The zero-order chi connectivity index (χ0) is 17.0. The van der Waals surface area contributed by atoms with Gasteiger partial charge in [-0.3, -0.25) is 19.1 Å². The first kappa shape index (κ1) is 17.8. The predicted octanol–water partition coefficient (Wildman–Crippen LogP) is -0.210. The van der Waals surface area contributed by atoms with Crippen molar-refractivity contribution in [2.45, 2.75) is 38.2 Å². The van der Waals surface area contributed by atoms with Crippen LogP contribution in [0.5, 0.6) is 0 Å². The number of nitrogens with one attached hydrogen (secondary N) is 1. The van der Waals surface area contributed by atoms with E-state index >= 15 is 0 Å². The molecular formula is C14H20N2O6S. The van der Waals surface area contributed by atoms with Crippen LogP contribution in [0, 0.1) is 6.92 Å². The first-order chi connectivity index (χ1) is 10.9. The first-order valence-electron chi connectivity index (χ1n) is 7.22. The van der Waals surface area contributed by atoms with Gasteiger partial charge in [-0.05, 0) is 6.92 Å². The van der Waals surface area contributed by atoms with Crippen molar-refractivity contribution in [1.82, 2.24) is 9.55 Å². The summed E-state index contributed by atoms with van der Waals surface area (Å²) in [6.45, 7) is 1.58. The number of carbonyl (C=O) groups is 1. The Balaban J connectivity index is 1.94. The van der Waals surface area contributed by atoms with E-state index in [4.69, 9.17) is 4.74 Å². The van der Waals surface area contributed by atoms with Crippen LogP contribution in [0.3, 0.4) is 0 Å². The molecule has 0 aromatic carbocycles. The maximum absolute atomic E-state index is 11.9. The van der Waals surface area contributed by atoms with E-state index in [-0.39, 0.29) is 12.1 Å². The molecule has 0 saturated carbocycles. The van der Waals surface area contributed by atoms with Crippen LogP contribution in [0.15, 0.2) is 15.8 Å². The molecule has 0 spiro atoms. The molecule has 0 bridgehead atoms.